The van der Waals surface area contributed by atoms with E-state index >= 15 is 0 Å². The molecule has 0 spiro atoms. The highest BCUT2D eigenvalue weighted by atomic mass is 32.2. The molecule has 0 aliphatic heterocycles. The molecule has 3 rings (SSSR count). The summed E-state index contributed by atoms with van der Waals surface area (Å²) >= 11 is 0. The van der Waals surface area contributed by atoms with E-state index in [0.717, 1.165) is 23.3 Å². The molecular weight excluding hydrogens is 447 g/mol. The summed E-state index contributed by atoms with van der Waals surface area (Å²) in [6.07, 6.45) is 6.59. The highest BCUT2D eigenvalue weighted by Crippen LogP contribution is 2.22. The van der Waals surface area contributed by atoms with Crippen molar-refractivity contribution in [1.82, 2.24) is 20.6 Å². The molecule has 2 aromatic carbocycles. The Balaban J connectivity index is 1.79. The molecule has 33 heavy (non-hydrogen) atoms. The van der Waals surface area contributed by atoms with Gasteiger partial charge in [-0.05, 0) is 66.4 Å². The summed E-state index contributed by atoms with van der Waals surface area (Å²) in [5, 5.41) is 2.56. The third-order valence-corrected chi connectivity index (χ3v) is 5.75. The summed E-state index contributed by atoms with van der Waals surface area (Å²) in [6.45, 7) is 1.97. The van der Waals surface area contributed by atoms with E-state index in [4.69, 9.17) is 6.42 Å². The highest BCUT2D eigenvalue weighted by molar-refractivity contribution is 7.89. The number of pyridine rings is 1. The summed E-state index contributed by atoms with van der Waals surface area (Å²) in [6, 6.07) is 13.1. The minimum Gasteiger partial charge on any atom is -0.341 e. The van der Waals surface area contributed by atoms with E-state index in [9.17, 15) is 22.4 Å². The fourth-order valence-electron chi connectivity index (χ4n) is 2.94. The van der Waals surface area contributed by atoms with Crippen LogP contribution in [-0.2, 0) is 21.4 Å². The normalized spacial score (nSPS) is 10.8. The first kappa shape index (κ1) is 23.6. The van der Waals surface area contributed by atoms with Crippen LogP contribution in [0.25, 0.3) is 11.3 Å². The van der Waals surface area contributed by atoms with Gasteiger partial charge in [0.15, 0.2) is 0 Å². The third kappa shape index (κ3) is 6.00. The molecule has 0 aliphatic rings. The second-order valence-corrected chi connectivity index (χ2v) is 8.60. The van der Waals surface area contributed by atoms with E-state index in [1.165, 1.54) is 18.2 Å². The lowest BCUT2D eigenvalue weighted by Gasteiger charge is -2.11. The molecule has 0 saturated heterocycles. The van der Waals surface area contributed by atoms with Crippen LogP contribution in [0.5, 0.6) is 0 Å². The molecule has 2 amide bonds. The number of terminal acetylenes is 1. The first-order valence-electron chi connectivity index (χ1n) is 9.58. The van der Waals surface area contributed by atoms with Crippen LogP contribution in [0.4, 0.5) is 4.39 Å². The fraction of sp³-hybridized carbons (Fsp3) is 0.0870. The number of rotatable bonds is 7. The van der Waals surface area contributed by atoms with Crippen molar-refractivity contribution in [2.75, 3.05) is 0 Å². The van der Waals surface area contributed by atoms with Crippen LogP contribution >= 0.6 is 0 Å². The summed E-state index contributed by atoms with van der Waals surface area (Å²) in [4.78, 5) is 29.5. The van der Waals surface area contributed by atoms with Crippen molar-refractivity contribution in [3.8, 4) is 23.6 Å². The Kier molecular flexibility index (Phi) is 7.17. The maximum absolute atomic E-state index is 13.8. The Morgan fingerprint density at radius 2 is 1.88 bits per heavy atom. The monoisotopic (exact) mass is 466 g/mol. The molecule has 1 heterocycles. The van der Waals surface area contributed by atoms with E-state index in [0.29, 0.717) is 11.3 Å². The molecule has 168 valence electrons. The largest absolute Gasteiger partial charge is 0.341 e. The summed E-state index contributed by atoms with van der Waals surface area (Å²) in [5.41, 5.74) is 4.85. The van der Waals surface area contributed by atoms with Gasteiger partial charge in [0.25, 0.3) is 21.8 Å². The number of sulfonamides is 1. The average Bonchev–Trinajstić information content (AvgIpc) is 2.81. The van der Waals surface area contributed by atoms with Crippen molar-refractivity contribution in [3.05, 3.63) is 83.3 Å². The van der Waals surface area contributed by atoms with Crippen LogP contribution in [0, 0.1) is 25.1 Å². The van der Waals surface area contributed by atoms with Gasteiger partial charge in [-0.2, -0.15) is 0 Å². The first-order valence-corrected chi connectivity index (χ1v) is 11.1. The van der Waals surface area contributed by atoms with Crippen molar-refractivity contribution in [2.45, 2.75) is 18.4 Å². The zero-order valence-electron chi connectivity index (χ0n) is 17.4. The molecule has 10 heteroatoms. The lowest BCUT2D eigenvalue weighted by molar-refractivity contribution is -0.115. The molecule has 0 atom stereocenters. The maximum atomic E-state index is 13.8. The summed E-state index contributed by atoms with van der Waals surface area (Å²) in [7, 11) is -4.31. The molecule has 0 bridgehead atoms. The molecule has 0 radical (unpaired) electrons. The lowest BCUT2D eigenvalue weighted by Crippen LogP contribution is -2.41. The minimum absolute atomic E-state index is 0.161. The fourth-order valence-corrected chi connectivity index (χ4v) is 3.86. The number of hydrogen-bond acceptors (Lipinski definition) is 5. The van der Waals surface area contributed by atoms with Crippen LogP contribution in [0.15, 0.2) is 65.7 Å². The second kappa shape index (κ2) is 10.0. The van der Waals surface area contributed by atoms with Gasteiger partial charge in [0.1, 0.15) is 10.7 Å². The number of benzene rings is 2. The molecule has 1 aromatic heterocycles. The van der Waals surface area contributed by atoms with Gasteiger partial charge in [-0.1, -0.05) is 12.1 Å². The molecule has 0 saturated carbocycles. The van der Waals surface area contributed by atoms with E-state index in [1.54, 1.807) is 37.4 Å². The summed E-state index contributed by atoms with van der Waals surface area (Å²) < 4.78 is 38.4. The second-order valence-electron chi connectivity index (χ2n) is 6.95. The molecule has 8 nitrogen and oxygen atoms in total. The number of aromatic nitrogens is 1. The molecule has 3 aromatic rings. The van der Waals surface area contributed by atoms with Crippen molar-refractivity contribution in [3.63, 3.8) is 0 Å². The van der Waals surface area contributed by atoms with E-state index in [-0.39, 0.29) is 12.1 Å². The van der Waals surface area contributed by atoms with Crippen molar-refractivity contribution in [1.29, 1.82) is 0 Å². The van der Waals surface area contributed by atoms with Gasteiger partial charge in [-0.3, -0.25) is 20.0 Å². The molecule has 0 unspecified atom stereocenters. The van der Waals surface area contributed by atoms with Gasteiger partial charge in [0.2, 0.25) is 0 Å². The maximum Gasteiger partial charge on any atom is 0.295 e. The predicted molar refractivity (Wildman–Crippen MR) is 119 cm³/mol. The SMILES string of the molecule is C#CC(=O)NCc1ccnc(-c2cc(C)cc(C(=O)NNS(=O)(=O)c3ccccc3F)c2)c1. The van der Waals surface area contributed by atoms with Gasteiger partial charge in [-0.15, -0.1) is 11.3 Å². The van der Waals surface area contributed by atoms with Crippen LogP contribution in [0.3, 0.4) is 0 Å². The zero-order valence-corrected chi connectivity index (χ0v) is 18.2. The van der Waals surface area contributed by atoms with Gasteiger partial charge in [0.05, 0.1) is 5.69 Å². The first-order chi connectivity index (χ1) is 15.7. The van der Waals surface area contributed by atoms with Crippen molar-refractivity contribution < 1.29 is 22.4 Å². The third-order valence-electron chi connectivity index (χ3n) is 4.47. The van der Waals surface area contributed by atoms with Gasteiger partial charge >= 0.3 is 0 Å². The van der Waals surface area contributed by atoms with E-state index in [2.05, 4.69) is 15.7 Å². The molecular formula is C23H19FN4O4S. The minimum atomic E-state index is -4.31. The Hall–Kier alpha value is -4.07. The number of nitrogens with one attached hydrogen (secondary N) is 3. The number of hydrazine groups is 1. The van der Waals surface area contributed by atoms with Crippen molar-refractivity contribution in [2.24, 2.45) is 0 Å². The Morgan fingerprint density at radius 3 is 2.61 bits per heavy atom. The van der Waals surface area contributed by atoms with Gasteiger partial charge in [-0.25, -0.2) is 12.8 Å². The van der Waals surface area contributed by atoms with Crippen LogP contribution in [0.1, 0.15) is 21.5 Å². The summed E-state index contributed by atoms with van der Waals surface area (Å²) in [5.74, 6) is -0.257. The number of halogens is 1. The smallest absolute Gasteiger partial charge is 0.295 e. The van der Waals surface area contributed by atoms with Crippen LogP contribution < -0.4 is 15.6 Å². The predicted octanol–water partition coefficient (Wildman–Crippen LogP) is 2.07. The molecule has 0 aliphatic carbocycles. The van der Waals surface area contributed by atoms with Gasteiger partial charge in [0, 0.05) is 23.9 Å². The quantitative estimate of drug-likeness (QED) is 0.364. The van der Waals surface area contributed by atoms with Gasteiger partial charge < -0.3 is 5.32 Å². The standard InChI is InChI=1S/C23H19FN4O4S/c1-3-22(29)26-14-16-8-9-25-20(12-16)17-10-15(2)11-18(13-17)23(30)27-28-33(31,32)21-7-5-4-6-19(21)24/h1,4-13,28H,14H2,2H3,(H,26,29)(H,27,30). The Labute approximate surface area is 190 Å². The van der Waals surface area contributed by atoms with Crippen LogP contribution in [-0.4, -0.2) is 25.2 Å². The number of carbonyl (C=O) groups excluding carboxylic acids is 2. The number of aryl methyl sites for hydroxylation is 1. The van der Waals surface area contributed by atoms with Crippen molar-refractivity contribution >= 4 is 21.8 Å². The highest BCUT2D eigenvalue weighted by Gasteiger charge is 2.20. The number of carbonyl (C=O) groups is 2. The average molecular weight is 466 g/mol. The van der Waals surface area contributed by atoms with Crippen LogP contribution in [0.2, 0.25) is 0 Å². The molecule has 0 fully saturated rings. The van der Waals surface area contributed by atoms with E-state index < -0.39 is 32.6 Å². The zero-order chi connectivity index (χ0) is 24.0. The topological polar surface area (TPSA) is 117 Å². The molecule has 3 N–H and O–H groups in total. The number of nitrogens with zero attached hydrogens (tertiary/aromatic N) is 1. The Morgan fingerprint density at radius 1 is 1.12 bits per heavy atom. The lowest BCUT2D eigenvalue weighted by atomic mass is 10.0. The Bertz CT molecular complexity index is 1370. The number of amides is 2. The van der Waals surface area contributed by atoms with E-state index in [1.807, 2.05) is 10.8 Å². The number of hydrogen-bond donors (Lipinski definition) is 3.